The van der Waals surface area contributed by atoms with E-state index < -0.39 is 39.6 Å². The Labute approximate surface area is 104 Å². The lowest BCUT2D eigenvalue weighted by Gasteiger charge is -2.18. The molecule has 0 bridgehead atoms. The van der Waals surface area contributed by atoms with Crippen LogP contribution in [0.5, 0.6) is 0 Å². The maximum atomic E-state index is 13.2. The number of Topliss-reactive ketones (excluding diaryl/α,β-unsaturated/α-hetero) is 1. The molecule has 18 heavy (non-hydrogen) atoms. The minimum absolute atomic E-state index is 0.396. The predicted octanol–water partition coefficient (Wildman–Crippen LogP) is 4.11. The number of halogens is 8. The summed E-state index contributed by atoms with van der Waals surface area (Å²) < 4.78 is 86.7. The second-order valence-electron chi connectivity index (χ2n) is 3.12. The van der Waals surface area contributed by atoms with Crippen molar-refractivity contribution >= 4 is 21.7 Å². The summed E-state index contributed by atoms with van der Waals surface area (Å²) in [5, 5.41) is 0. The monoisotopic (exact) mass is 338 g/mol. The van der Waals surface area contributed by atoms with Gasteiger partial charge < -0.3 is 0 Å². The highest BCUT2D eigenvalue weighted by molar-refractivity contribution is 9.10. The van der Waals surface area contributed by atoms with Gasteiger partial charge in [0.1, 0.15) is 5.82 Å². The second-order valence-corrected chi connectivity index (χ2v) is 3.97. The molecule has 1 aromatic rings. The van der Waals surface area contributed by atoms with Gasteiger partial charge in [-0.1, -0.05) is 0 Å². The molecule has 0 atom stereocenters. The van der Waals surface area contributed by atoms with Crippen LogP contribution in [0.2, 0.25) is 0 Å². The molecule has 0 N–H and O–H groups in total. The molecule has 0 aliphatic rings. The largest absolute Gasteiger partial charge is 0.461 e. The molecule has 0 fully saturated rings. The van der Waals surface area contributed by atoms with Gasteiger partial charge in [0.2, 0.25) is 5.78 Å². The zero-order valence-electron chi connectivity index (χ0n) is 8.09. The van der Waals surface area contributed by atoms with Crippen LogP contribution in [0.15, 0.2) is 16.6 Å². The fourth-order valence-electron chi connectivity index (χ4n) is 1.02. The van der Waals surface area contributed by atoms with Crippen molar-refractivity contribution < 1.29 is 35.5 Å². The Morgan fingerprint density at radius 1 is 1.06 bits per heavy atom. The lowest BCUT2D eigenvalue weighted by Crippen LogP contribution is -2.44. The zero-order valence-corrected chi connectivity index (χ0v) is 9.67. The normalized spacial score (nSPS) is 12.7. The van der Waals surface area contributed by atoms with Crippen molar-refractivity contribution in [3.8, 4) is 0 Å². The molecule has 0 aliphatic carbocycles. The molecule has 9 heteroatoms. The van der Waals surface area contributed by atoms with E-state index in [0.717, 1.165) is 6.07 Å². The highest BCUT2D eigenvalue weighted by Gasteiger charge is 2.64. The molecule has 0 amide bonds. The summed E-state index contributed by atoms with van der Waals surface area (Å²) in [5.74, 6) is -12.5. The van der Waals surface area contributed by atoms with Crippen LogP contribution >= 0.6 is 15.9 Å². The molecule has 100 valence electrons. The third kappa shape index (κ3) is 2.36. The molecular formula is C9H2BrF7O. The quantitative estimate of drug-likeness (QED) is 0.450. The van der Waals surface area contributed by atoms with Crippen molar-refractivity contribution in [3.63, 3.8) is 0 Å². The van der Waals surface area contributed by atoms with Crippen molar-refractivity contribution in [1.82, 2.24) is 0 Å². The topological polar surface area (TPSA) is 17.1 Å². The summed E-state index contributed by atoms with van der Waals surface area (Å²) in [5.41, 5.74) is -1.94. The van der Waals surface area contributed by atoms with Crippen LogP contribution in [0.25, 0.3) is 0 Å². The summed E-state index contributed by atoms with van der Waals surface area (Å²) in [4.78, 5) is 10.9. The minimum Gasteiger partial charge on any atom is -0.287 e. The van der Waals surface area contributed by atoms with Gasteiger partial charge in [-0.3, -0.25) is 4.79 Å². The van der Waals surface area contributed by atoms with Gasteiger partial charge >= 0.3 is 12.1 Å². The molecule has 0 aromatic heterocycles. The molecule has 0 saturated heterocycles. The Kier molecular flexibility index (Phi) is 3.75. The van der Waals surface area contributed by atoms with E-state index in [1.54, 1.807) is 0 Å². The van der Waals surface area contributed by atoms with Crippen LogP contribution < -0.4 is 0 Å². The third-order valence-electron chi connectivity index (χ3n) is 1.91. The summed E-state index contributed by atoms with van der Waals surface area (Å²) in [6.07, 6.45) is -6.23. The van der Waals surface area contributed by atoms with Crippen LogP contribution in [0.1, 0.15) is 10.4 Å². The average Bonchev–Trinajstić information content (AvgIpc) is 2.22. The van der Waals surface area contributed by atoms with E-state index in [9.17, 15) is 35.5 Å². The number of alkyl halides is 5. The highest BCUT2D eigenvalue weighted by Crippen LogP contribution is 2.39. The van der Waals surface area contributed by atoms with Crippen LogP contribution in [0, 0.1) is 11.6 Å². The van der Waals surface area contributed by atoms with Gasteiger partial charge in [-0.05, 0) is 28.1 Å². The first-order chi connectivity index (χ1) is 8.00. The Morgan fingerprint density at radius 3 is 2.00 bits per heavy atom. The Balaban J connectivity index is 3.41. The number of carbonyl (C=O) groups is 1. The molecule has 1 rings (SSSR count). The van der Waals surface area contributed by atoms with E-state index in [1.165, 1.54) is 0 Å². The lowest BCUT2D eigenvalue weighted by atomic mass is 10.0. The smallest absolute Gasteiger partial charge is 0.287 e. The SMILES string of the molecule is O=C(c1c(F)ccc(Br)c1F)C(F)(F)C(F)(F)F. The second kappa shape index (κ2) is 4.52. The van der Waals surface area contributed by atoms with Crippen LogP contribution in [-0.4, -0.2) is 17.9 Å². The van der Waals surface area contributed by atoms with E-state index in [-0.39, 0.29) is 0 Å². The molecule has 0 heterocycles. The first kappa shape index (κ1) is 14.9. The summed E-state index contributed by atoms with van der Waals surface area (Å²) in [6.45, 7) is 0. The standard InChI is InChI=1S/C9H2BrF7O/c10-3-1-2-4(11)5(6(3)12)7(18)8(13,14)9(15,16)17/h1-2H. The van der Waals surface area contributed by atoms with Gasteiger partial charge in [0, 0.05) is 0 Å². The van der Waals surface area contributed by atoms with Crippen molar-refractivity contribution in [1.29, 1.82) is 0 Å². The van der Waals surface area contributed by atoms with Gasteiger partial charge in [-0.25, -0.2) is 8.78 Å². The molecule has 0 spiro atoms. The number of hydrogen-bond donors (Lipinski definition) is 0. The highest BCUT2D eigenvalue weighted by atomic mass is 79.9. The van der Waals surface area contributed by atoms with Gasteiger partial charge in [-0.2, -0.15) is 22.0 Å². The summed E-state index contributed by atoms with van der Waals surface area (Å²) in [7, 11) is 0. The number of hydrogen-bond acceptors (Lipinski definition) is 1. The predicted molar refractivity (Wildman–Crippen MR) is 49.4 cm³/mol. The number of ketones is 1. The van der Waals surface area contributed by atoms with Crippen molar-refractivity contribution in [2.24, 2.45) is 0 Å². The van der Waals surface area contributed by atoms with Crippen molar-refractivity contribution in [3.05, 3.63) is 33.8 Å². The fraction of sp³-hybridized carbons (Fsp3) is 0.222. The van der Waals surface area contributed by atoms with E-state index in [2.05, 4.69) is 15.9 Å². The molecular weight excluding hydrogens is 337 g/mol. The number of carbonyl (C=O) groups excluding carboxylic acids is 1. The molecule has 0 radical (unpaired) electrons. The van der Waals surface area contributed by atoms with Gasteiger partial charge in [0.25, 0.3) is 0 Å². The first-order valence-electron chi connectivity index (χ1n) is 4.13. The van der Waals surface area contributed by atoms with E-state index >= 15 is 0 Å². The maximum Gasteiger partial charge on any atom is 0.461 e. The van der Waals surface area contributed by atoms with Crippen LogP contribution in [-0.2, 0) is 0 Å². The Hall–Kier alpha value is -1.12. The Morgan fingerprint density at radius 2 is 1.56 bits per heavy atom. The van der Waals surface area contributed by atoms with Crippen molar-refractivity contribution in [2.75, 3.05) is 0 Å². The van der Waals surface area contributed by atoms with Crippen LogP contribution in [0.3, 0.4) is 0 Å². The van der Waals surface area contributed by atoms with E-state index in [1.807, 2.05) is 0 Å². The lowest BCUT2D eigenvalue weighted by molar-refractivity contribution is -0.255. The van der Waals surface area contributed by atoms with E-state index in [4.69, 9.17) is 0 Å². The minimum atomic E-state index is -6.23. The van der Waals surface area contributed by atoms with Gasteiger partial charge in [0.15, 0.2) is 5.82 Å². The number of rotatable bonds is 2. The number of benzene rings is 1. The molecule has 0 saturated carbocycles. The zero-order chi connectivity index (χ0) is 14.3. The van der Waals surface area contributed by atoms with Gasteiger partial charge in [0.05, 0.1) is 10.0 Å². The maximum absolute atomic E-state index is 13.2. The molecule has 0 unspecified atom stereocenters. The first-order valence-corrected chi connectivity index (χ1v) is 4.92. The molecule has 0 aliphatic heterocycles. The average molecular weight is 339 g/mol. The molecule has 1 nitrogen and oxygen atoms in total. The third-order valence-corrected chi connectivity index (χ3v) is 2.52. The van der Waals surface area contributed by atoms with E-state index in [0.29, 0.717) is 6.07 Å². The van der Waals surface area contributed by atoms with Crippen LogP contribution in [0.4, 0.5) is 30.7 Å². The summed E-state index contributed by atoms with van der Waals surface area (Å²) in [6, 6.07) is 1.13. The van der Waals surface area contributed by atoms with Crippen molar-refractivity contribution in [2.45, 2.75) is 12.1 Å². The summed E-state index contributed by atoms with van der Waals surface area (Å²) >= 11 is 2.45. The fourth-order valence-corrected chi connectivity index (χ4v) is 1.35. The molecule has 1 aromatic carbocycles. The Bertz CT molecular complexity index is 494. The van der Waals surface area contributed by atoms with Gasteiger partial charge in [-0.15, -0.1) is 0 Å².